The van der Waals surface area contributed by atoms with Crippen molar-refractivity contribution in [1.82, 2.24) is 0 Å². The fraction of sp³-hybridized carbons (Fsp3) is 1.00. The summed E-state index contributed by atoms with van der Waals surface area (Å²) in [5, 5.41) is 10.3. The van der Waals surface area contributed by atoms with Crippen LogP contribution in [0.25, 0.3) is 0 Å². The summed E-state index contributed by atoms with van der Waals surface area (Å²) >= 11 is 1.81. The molecule has 1 saturated heterocycles. The summed E-state index contributed by atoms with van der Waals surface area (Å²) < 4.78 is 10.9. The van der Waals surface area contributed by atoms with E-state index >= 15 is 0 Å². The van der Waals surface area contributed by atoms with Gasteiger partial charge in [-0.15, -0.1) is 0 Å². The Hall–Kier alpha value is 0.230. The predicted molar refractivity (Wildman–Crippen MR) is 68.0 cm³/mol. The Morgan fingerprint density at radius 2 is 2.38 bits per heavy atom. The minimum Gasteiger partial charge on any atom is -0.390 e. The molecule has 0 saturated carbocycles. The van der Waals surface area contributed by atoms with Crippen LogP contribution in [0, 0.1) is 0 Å². The number of unbranched alkanes of at least 4 members (excludes halogenated alkanes) is 1. The predicted octanol–water partition coefficient (Wildman–Crippen LogP) is 2.07. The van der Waals surface area contributed by atoms with Crippen molar-refractivity contribution >= 4 is 11.8 Å². The zero-order valence-electron chi connectivity index (χ0n) is 10.4. The lowest BCUT2D eigenvalue weighted by Crippen LogP contribution is -2.22. The zero-order valence-corrected chi connectivity index (χ0v) is 11.2. The minimum absolute atomic E-state index is 0.332. The molecule has 3 atom stereocenters. The molecule has 1 aliphatic heterocycles. The van der Waals surface area contributed by atoms with Gasteiger partial charge in [0.15, 0.2) is 0 Å². The Bertz CT molecular complexity index is 178. The molecule has 0 aliphatic carbocycles. The van der Waals surface area contributed by atoms with Gasteiger partial charge in [0.05, 0.1) is 18.8 Å². The molecule has 0 amide bonds. The van der Waals surface area contributed by atoms with Crippen LogP contribution < -0.4 is 0 Å². The molecule has 0 radical (unpaired) electrons. The van der Waals surface area contributed by atoms with E-state index in [0.29, 0.717) is 18.0 Å². The van der Waals surface area contributed by atoms with E-state index in [1.54, 1.807) is 0 Å². The van der Waals surface area contributed by atoms with Crippen LogP contribution in [0.3, 0.4) is 0 Å². The first kappa shape index (κ1) is 14.3. The first-order valence-corrected chi connectivity index (χ1v) is 7.28. The number of thioether (sulfide) groups is 1. The second-order valence-electron chi connectivity index (χ2n) is 4.32. The molecule has 1 fully saturated rings. The molecule has 0 aromatic heterocycles. The molecule has 1 heterocycles. The molecule has 0 bridgehead atoms. The number of hydrogen-bond acceptors (Lipinski definition) is 4. The maximum atomic E-state index is 9.71. The van der Waals surface area contributed by atoms with Gasteiger partial charge in [0.1, 0.15) is 0 Å². The molecular weight excluding hydrogens is 224 g/mol. The first-order valence-electron chi connectivity index (χ1n) is 6.23. The van der Waals surface area contributed by atoms with Gasteiger partial charge in [0.2, 0.25) is 0 Å². The van der Waals surface area contributed by atoms with E-state index in [2.05, 4.69) is 13.8 Å². The summed E-state index contributed by atoms with van der Waals surface area (Å²) in [5.74, 6) is 0.754. The second-order valence-corrected chi connectivity index (χ2v) is 5.59. The standard InChI is InChI=1S/C12H24O3S/c1-3-4-6-14-8-11(13)9-16-12-5-7-15-10(12)2/h10-13H,3-9H2,1-2H3. The van der Waals surface area contributed by atoms with E-state index in [-0.39, 0.29) is 6.10 Å². The van der Waals surface area contributed by atoms with Crippen LogP contribution in [-0.2, 0) is 9.47 Å². The van der Waals surface area contributed by atoms with Crippen LogP contribution in [0.1, 0.15) is 33.1 Å². The Morgan fingerprint density at radius 3 is 3.00 bits per heavy atom. The van der Waals surface area contributed by atoms with Crippen LogP contribution in [-0.4, -0.2) is 48.1 Å². The normalized spacial score (nSPS) is 27.2. The molecule has 3 unspecified atom stereocenters. The third-order valence-corrected chi connectivity index (χ3v) is 4.39. The third kappa shape index (κ3) is 5.53. The van der Waals surface area contributed by atoms with Crippen molar-refractivity contribution < 1.29 is 14.6 Å². The van der Waals surface area contributed by atoms with E-state index in [4.69, 9.17) is 9.47 Å². The van der Waals surface area contributed by atoms with Crippen LogP contribution in [0.15, 0.2) is 0 Å². The van der Waals surface area contributed by atoms with Gasteiger partial charge in [-0.2, -0.15) is 11.8 Å². The van der Waals surface area contributed by atoms with Crippen molar-refractivity contribution in [3.8, 4) is 0 Å². The molecule has 0 spiro atoms. The van der Waals surface area contributed by atoms with E-state index in [0.717, 1.165) is 38.2 Å². The van der Waals surface area contributed by atoms with E-state index < -0.39 is 0 Å². The fourth-order valence-electron chi connectivity index (χ4n) is 1.68. The average Bonchev–Trinajstić information content (AvgIpc) is 2.67. The van der Waals surface area contributed by atoms with Crippen molar-refractivity contribution in [2.24, 2.45) is 0 Å². The number of aliphatic hydroxyl groups excluding tert-OH is 1. The Balaban J connectivity index is 1.99. The summed E-state index contributed by atoms with van der Waals surface area (Å²) in [6.07, 6.45) is 3.32. The summed E-state index contributed by atoms with van der Waals surface area (Å²) in [5.41, 5.74) is 0. The van der Waals surface area contributed by atoms with Crippen molar-refractivity contribution in [3.05, 3.63) is 0 Å². The van der Waals surface area contributed by atoms with Crippen LogP contribution in [0.5, 0.6) is 0 Å². The number of aliphatic hydroxyl groups is 1. The quantitative estimate of drug-likeness (QED) is 0.668. The van der Waals surface area contributed by atoms with Gasteiger partial charge in [-0.1, -0.05) is 13.3 Å². The third-order valence-electron chi connectivity index (χ3n) is 2.76. The van der Waals surface area contributed by atoms with Crippen LogP contribution in [0.2, 0.25) is 0 Å². The molecule has 1 N–H and O–H groups in total. The number of hydrogen-bond donors (Lipinski definition) is 1. The lowest BCUT2D eigenvalue weighted by molar-refractivity contribution is 0.0472. The van der Waals surface area contributed by atoms with Gasteiger partial charge in [0, 0.05) is 24.2 Å². The van der Waals surface area contributed by atoms with Crippen molar-refractivity contribution in [1.29, 1.82) is 0 Å². The van der Waals surface area contributed by atoms with Gasteiger partial charge in [0.25, 0.3) is 0 Å². The molecule has 0 aromatic rings. The Morgan fingerprint density at radius 1 is 1.56 bits per heavy atom. The highest BCUT2D eigenvalue weighted by atomic mass is 32.2. The van der Waals surface area contributed by atoms with Crippen LogP contribution >= 0.6 is 11.8 Å². The monoisotopic (exact) mass is 248 g/mol. The van der Waals surface area contributed by atoms with E-state index in [1.807, 2.05) is 11.8 Å². The van der Waals surface area contributed by atoms with E-state index in [9.17, 15) is 5.11 Å². The van der Waals surface area contributed by atoms with Gasteiger partial charge >= 0.3 is 0 Å². The van der Waals surface area contributed by atoms with Gasteiger partial charge in [-0.3, -0.25) is 0 Å². The summed E-state index contributed by atoms with van der Waals surface area (Å²) in [6, 6.07) is 0. The van der Waals surface area contributed by atoms with Crippen molar-refractivity contribution in [3.63, 3.8) is 0 Å². The molecule has 1 aliphatic rings. The fourth-order valence-corrected chi connectivity index (χ4v) is 2.86. The smallest absolute Gasteiger partial charge is 0.0863 e. The lowest BCUT2D eigenvalue weighted by atomic mass is 10.3. The highest BCUT2D eigenvalue weighted by Gasteiger charge is 2.25. The SMILES string of the molecule is CCCCOCC(O)CSC1CCOC1C. The lowest BCUT2D eigenvalue weighted by Gasteiger charge is -2.16. The van der Waals surface area contributed by atoms with Crippen molar-refractivity contribution in [2.75, 3.05) is 25.6 Å². The number of rotatable bonds is 8. The highest BCUT2D eigenvalue weighted by Crippen LogP contribution is 2.26. The summed E-state index contributed by atoms with van der Waals surface area (Å²) in [4.78, 5) is 0. The maximum Gasteiger partial charge on any atom is 0.0863 e. The van der Waals surface area contributed by atoms with Crippen LogP contribution in [0.4, 0.5) is 0 Å². The molecule has 4 heteroatoms. The molecule has 16 heavy (non-hydrogen) atoms. The number of ether oxygens (including phenoxy) is 2. The summed E-state index contributed by atoms with van der Waals surface area (Å²) in [6.45, 7) is 6.34. The van der Waals surface area contributed by atoms with Gasteiger partial charge < -0.3 is 14.6 Å². The maximum absolute atomic E-state index is 9.71. The highest BCUT2D eigenvalue weighted by molar-refractivity contribution is 8.00. The molecule has 3 nitrogen and oxygen atoms in total. The van der Waals surface area contributed by atoms with Gasteiger partial charge in [-0.05, 0) is 19.8 Å². The van der Waals surface area contributed by atoms with E-state index in [1.165, 1.54) is 0 Å². The zero-order chi connectivity index (χ0) is 11.8. The molecular formula is C12H24O3S. The molecule has 0 aromatic carbocycles. The minimum atomic E-state index is -0.338. The van der Waals surface area contributed by atoms with Crippen molar-refractivity contribution in [2.45, 2.75) is 50.6 Å². The van der Waals surface area contributed by atoms with Gasteiger partial charge in [-0.25, -0.2) is 0 Å². The second kappa shape index (κ2) is 8.34. The first-order chi connectivity index (χ1) is 7.74. The molecule has 96 valence electrons. The Labute approximate surface area is 103 Å². The summed E-state index contributed by atoms with van der Waals surface area (Å²) in [7, 11) is 0. The topological polar surface area (TPSA) is 38.7 Å². The Kier molecular flexibility index (Phi) is 7.45. The largest absolute Gasteiger partial charge is 0.390 e. The average molecular weight is 248 g/mol. The molecule has 1 rings (SSSR count).